The zero-order valence-corrected chi connectivity index (χ0v) is 20.3. The Balaban J connectivity index is 1.30. The Labute approximate surface area is 206 Å². The fraction of sp³-hybridized carbons (Fsp3) is 0.464. The van der Waals surface area contributed by atoms with Crippen LogP contribution in [-0.4, -0.2) is 41.8 Å². The van der Waals surface area contributed by atoms with Crippen LogP contribution < -0.4 is 10.6 Å². The molecule has 35 heavy (non-hydrogen) atoms. The number of fused-ring (bicyclic) bond motifs is 3. The number of carboxylic acid groups (broad SMARTS) is 1. The van der Waals surface area contributed by atoms with Gasteiger partial charge in [-0.15, -0.1) is 0 Å². The summed E-state index contributed by atoms with van der Waals surface area (Å²) in [4.78, 5) is 36.3. The second-order valence-corrected chi connectivity index (χ2v) is 10.1. The van der Waals surface area contributed by atoms with Crippen LogP contribution in [0.15, 0.2) is 48.5 Å². The van der Waals surface area contributed by atoms with Gasteiger partial charge in [0.15, 0.2) is 0 Å². The maximum absolute atomic E-state index is 12.7. The quantitative estimate of drug-likeness (QED) is 0.485. The summed E-state index contributed by atoms with van der Waals surface area (Å²) in [5.41, 5.74) is 4.65. The predicted molar refractivity (Wildman–Crippen MR) is 133 cm³/mol. The normalized spacial score (nSPS) is 19.6. The van der Waals surface area contributed by atoms with Gasteiger partial charge < -0.3 is 20.5 Å². The number of hydrogen-bond donors (Lipinski definition) is 3. The number of benzene rings is 2. The predicted octanol–water partition coefficient (Wildman–Crippen LogP) is 4.70. The summed E-state index contributed by atoms with van der Waals surface area (Å²) in [7, 11) is 0. The lowest BCUT2D eigenvalue weighted by molar-refractivity contribution is -0.138. The fourth-order valence-electron chi connectivity index (χ4n) is 5.37. The molecule has 0 radical (unpaired) electrons. The highest BCUT2D eigenvalue weighted by atomic mass is 16.5. The molecule has 0 saturated heterocycles. The molecule has 0 unspecified atom stereocenters. The van der Waals surface area contributed by atoms with Crippen LogP contribution in [0.1, 0.15) is 63.0 Å². The van der Waals surface area contributed by atoms with Crippen LogP contribution in [0.2, 0.25) is 0 Å². The molecule has 0 bridgehead atoms. The molecule has 2 aromatic rings. The third-order valence-corrected chi connectivity index (χ3v) is 7.23. The van der Waals surface area contributed by atoms with Gasteiger partial charge in [-0.05, 0) is 53.4 Å². The summed E-state index contributed by atoms with van der Waals surface area (Å²) >= 11 is 0. The van der Waals surface area contributed by atoms with E-state index in [1.165, 1.54) is 11.1 Å². The minimum Gasteiger partial charge on any atom is -0.481 e. The molecule has 7 nitrogen and oxygen atoms in total. The average Bonchev–Trinajstić information content (AvgIpc) is 3.38. The highest BCUT2D eigenvalue weighted by Gasteiger charge is 2.31. The highest BCUT2D eigenvalue weighted by molar-refractivity contribution is 5.80. The Morgan fingerprint density at radius 3 is 2.23 bits per heavy atom. The van der Waals surface area contributed by atoms with E-state index in [4.69, 9.17) is 9.84 Å². The van der Waals surface area contributed by atoms with Crippen LogP contribution >= 0.6 is 0 Å². The van der Waals surface area contributed by atoms with Crippen molar-refractivity contribution >= 4 is 18.0 Å². The zero-order chi connectivity index (χ0) is 24.9. The van der Waals surface area contributed by atoms with Crippen LogP contribution in [0.5, 0.6) is 0 Å². The van der Waals surface area contributed by atoms with Gasteiger partial charge in [0.2, 0.25) is 5.91 Å². The number of ether oxygens (including phenoxy) is 1. The summed E-state index contributed by atoms with van der Waals surface area (Å²) in [6.07, 6.45) is 2.05. The van der Waals surface area contributed by atoms with E-state index < -0.39 is 12.1 Å². The summed E-state index contributed by atoms with van der Waals surface area (Å²) in [5.74, 6) is -0.796. The Hall–Kier alpha value is -3.35. The van der Waals surface area contributed by atoms with Crippen LogP contribution in [-0.2, 0) is 14.3 Å². The zero-order valence-electron chi connectivity index (χ0n) is 20.3. The first-order chi connectivity index (χ1) is 16.8. The first-order valence-corrected chi connectivity index (χ1v) is 12.4. The van der Waals surface area contributed by atoms with E-state index in [0.29, 0.717) is 6.42 Å². The SMILES string of the molecule is CC(C)[C@H](CC(=O)N[C@@H]1CC[C@H](CC(=O)O)C1)NC(=O)OCC1c2ccccc2-c2ccccc21. The van der Waals surface area contributed by atoms with Crippen molar-refractivity contribution in [3.63, 3.8) is 0 Å². The summed E-state index contributed by atoms with van der Waals surface area (Å²) in [5, 5.41) is 14.9. The fourth-order valence-corrected chi connectivity index (χ4v) is 5.37. The first-order valence-electron chi connectivity index (χ1n) is 12.4. The maximum Gasteiger partial charge on any atom is 0.407 e. The lowest BCUT2D eigenvalue weighted by Gasteiger charge is -2.23. The summed E-state index contributed by atoms with van der Waals surface area (Å²) in [6, 6.07) is 16.0. The van der Waals surface area contributed by atoms with Gasteiger partial charge in [0.25, 0.3) is 0 Å². The van der Waals surface area contributed by atoms with E-state index in [9.17, 15) is 14.4 Å². The molecule has 0 spiro atoms. The molecular weight excluding hydrogens is 444 g/mol. The number of rotatable bonds is 9. The van der Waals surface area contributed by atoms with Crippen LogP contribution in [0.3, 0.4) is 0 Å². The minimum absolute atomic E-state index is 0.00545. The van der Waals surface area contributed by atoms with Gasteiger partial charge in [-0.2, -0.15) is 0 Å². The Morgan fingerprint density at radius 2 is 1.63 bits per heavy atom. The van der Waals surface area contributed by atoms with Gasteiger partial charge in [0.1, 0.15) is 6.61 Å². The molecule has 2 aliphatic carbocycles. The van der Waals surface area contributed by atoms with Gasteiger partial charge >= 0.3 is 12.1 Å². The van der Waals surface area contributed by atoms with Crippen molar-refractivity contribution in [1.82, 2.24) is 10.6 Å². The number of carboxylic acids is 1. The van der Waals surface area contributed by atoms with Crippen LogP contribution in [0.4, 0.5) is 4.79 Å². The van der Waals surface area contributed by atoms with Crippen molar-refractivity contribution < 1.29 is 24.2 Å². The van der Waals surface area contributed by atoms with E-state index in [1.807, 2.05) is 38.1 Å². The molecule has 1 saturated carbocycles. The van der Waals surface area contributed by atoms with E-state index in [-0.39, 0.29) is 55.2 Å². The van der Waals surface area contributed by atoms with Crippen molar-refractivity contribution in [2.75, 3.05) is 6.61 Å². The Kier molecular flexibility index (Phi) is 7.73. The molecule has 2 aromatic carbocycles. The molecule has 2 amide bonds. The standard InChI is InChI=1S/C28H34N2O5/c1-17(2)25(15-26(31)29-19-12-11-18(13-19)14-27(32)33)30-28(34)35-16-24-22-9-5-3-7-20(22)21-8-4-6-10-23(21)24/h3-10,17-19,24-25H,11-16H2,1-2H3,(H,29,31)(H,30,34)(H,32,33)/t18-,19+,25-/m0/s1. The Morgan fingerprint density at radius 1 is 1.00 bits per heavy atom. The largest absolute Gasteiger partial charge is 0.481 e. The molecule has 7 heteroatoms. The summed E-state index contributed by atoms with van der Waals surface area (Å²) in [6.45, 7) is 4.14. The van der Waals surface area contributed by atoms with Crippen molar-refractivity contribution in [3.8, 4) is 11.1 Å². The minimum atomic E-state index is -0.797. The van der Waals surface area contributed by atoms with Gasteiger partial charge in [-0.3, -0.25) is 9.59 Å². The smallest absolute Gasteiger partial charge is 0.407 e. The van der Waals surface area contributed by atoms with Crippen molar-refractivity contribution in [1.29, 1.82) is 0 Å². The molecule has 0 heterocycles. The van der Waals surface area contributed by atoms with Gasteiger partial charge in [0, 0.05) is 30.8 Å². The van der Waals surface area contributed by atoms with E-state index in [2.05, 4.69) is 34.9 Å². The molecule has 4 rings (SSSR count). The van der Waals surface area contributed by atoms with Gasteiger partial charge in [-0.1, -0.05) is 62.4 Å². The van der Waals surface area contributed by atoms with Gasteiger partial charge in [-0.25, -0.2) is 4.79 Å². The third kappa shape index (κ3) is 6.02. The molecular formula is C28H34N2O5. The molecule has 0 aliphatic heterocycles. The molecule has 0 aromatic heterocycles. The number of hydrogen-bond acceptors (Lipinski definition) is 4. The number of nitrogens with one attached hydrogen (secondary N) is 2. The summed E-state index contributed by atoms with van der Waals surface area (Å²) < 4.78 is 5.65. The second-order valence-electron chi connectivity index (χ2n) is 10.1. The monoisotopic (exact) mass is 478 g/mol. The number of amides is 2. The highest BCUT2D eigenvalue weighted by Crippen LogP contribution is 2.44. The molecule has 3 atom stereocenters. The third-order valence-electron chi connectivity index (χ3n) is 7.23. The molecule has 3 N–H and O–H groups in total. The van der Waals surface area contributed by atoms with E-state index in [1.54, 1.807) is 0 Å². The lowest BCUT2D eigenvalue weighted by atomic mass is 9.98. The molecule has 1 fully saturated rings. The number of carbonyl (C=O) groups is 3. The van der Waals surface area contributed by atoms with Crippen molar-refractivity contribution in [2.45, 2.75) is 64.0 Å². The van der Waals surface area contributed by atoms with Crippen molar-refractivity contribution in [3.05, 3.63) is 59.7 Å². The molecule has 186 valence electrons. The Bertz CT molecular complexity index is 1040. The van der Waals surface area contributed by atoms with Crippen molar-refractivity contribution in [2.24, 2.45) is 11.8 Å². The van der Waals surface area contributed by atoms with Crippen LogP contribution in [0.25, 0.3) is 11.1 Å². The topological polar surface area (TPSA) is 105 Å². The van der Waals surface area contributed by atoms with Crippen LogP contribution in [0, 0.1) is 11.8 Å². The maximum atomic E-state index is 12.7. The average molecular weight is 479 g/mol. The number of aliphatic carboxylic acids is 1. The first kappa shape index (κ1) is 24.8. The number of carbonyl (C=O) groups excluding carboxylic acids is 2. The second kappa shape index (κ2) is 10.9. The van der Waals surface area contributed by atoms with E-state index in [0.717, 1.165) is 24.0 Å². The molecule has 2 aliphatic rings. The number of alkyl carbamates (subject to hydrolysis) is 1. The van der Waals surface area contributed by atoms with E-state index >= 15 is 0 Å². The van der Waals surface area contributed by atoms with Gasteiger partial charge in [0.05, 0.1) is 0 Å². The lowest BCUT2D eigenvalue weighted by Crippen LogP contribution is -2.44.